The molecule has 2 aromatic heterocycles. The molecule has 7 nitrogen and oxygen atoms in total. The number of carbonyl (C=O) groups excluding carboxylic acids is 2. The minimum atomic E-state index is -0.521. The van der Waals surface area contributed by atoms with Gasteiger partial charge < -0.3 is 10.1 Å². The fourth-order valence-corrected chi connectivity index (χ4v) is 4.12. The third kappa shape index (κ3) is 4.65. The number of esters is 1. The van der Waals surface area contributed by atoms with Crippen LogP contribution in [0.5, 0.6) is 0 Å². The van der Waals surface area contributed by atoms with Crippen LogP contribution in [0, 0.1) is 11.8 Å². The van der Waals surface area contributed by atoms with Gasteiger partial charge in [-0.05, 0) is 44.1 Å². The van der Waals surface area contributed by atoms with Crippen LogP contribution >= 0.6 is 0 Å². The number of amides is 1. The molecule has 0 spiro atoms. The molecule has 2 aromatic rings. The lowest BCUT2D eigenvalue weighted by Gasteiger charge is -2.34. The van der Waals surface area contributed by atoms with Gasteiger partial charge in [-0.2, -0.15) is 5.10 Å². The van der Waals surface area contributed by atoms with Crippen LogP contribution in [0.4, 0.5) is 0 Å². The summed E-state index contributed by atoms with van der Waals surface area (Å²) in [6.07, 6.45) is 4.93. The summed E-state index contributed by atoms with van der Waals surface area (Å²) in [5.74, 6) is 0.390. The molecule has 0 aliphatic heterocycles. The van der Waals surface area contributed by atoms with Gasteiger partial charge in [0.2, 0.25) is 0 Å². The van der Waals surface area contributed by atoms with Crippen LogP contribution in [0.15, 0.2) is 12.3 Å². The van der Waals surface area contributed by atoms with Crippen molar-refractivity contribution in [2.45, 2.75) is 78.8 Å². The molecule has 0 bridgehead atoms. The fourth-order valence-electron chi connectivity index (χ4n) is 4.12. The summed E-state index contributed by atoms with van der Waals surface area (Å²) < 4.78 is 7.19. The Morgan fingerprint density at radius 2 is 1.97 bits per heavy atom. The zero-order valence-corrected chi connectivity index (χ0v) is 18.9. The van der Waals surface area contributed by atoms with Gasteiger partial charge in [-0.25, -0.2) is 14.5 Å². The second kappa shape index (κ2) is 9.14. The molecule has 0 radical (unpaired) electrons. The van der Waals surface area contributed by atoms with E-state index in [9.17, 15) is 9.59 Å². The standard InChI is InChI=1S/C23H34N4O3/c1-13(2)20-10-17(18-11-24-27(14(3)4)22(18)26-20)23(29)30-12-21(28)25-19-9-7-8-15(5)16(19)6/h10-11,13-16,19H,7-9,12H2,1-6H3,(H,25,28)/t15-,16+,19+/m0/s1. The number of hydrogen-bond donors (Lipinski definition) is 1. The Labute approximate surface area is 178 Å². The number of carbonyl (C=O) groups is 2. The molecule has 1 amide bonds. The first kappa shape index (κ1) is 22.2. The Morgan fingerprint density at radius 3 is 2.63 bits per heavy atom. The topological polar surface area (TPSA) is 86.1 Å². The highest BCUT2D eigenvalue weighted by molar-refractivity contribution is 6.03. The number of nitrogens with one attached hydrogen (secondary N) is 1. The van der Waals surface area contributed by atoms with Crippen LogP contribution < -0.4 is 5.32 Å². The van der Waals surface area contributed by atoms with Crippen LogP contribution in [0.25, 0.3) is 11.0 Å². The van der Waals surface area contributed by atoms with Gasteiger partial charge in [0.1, 0.15) is 0 Å². The summed E-state index contributed by atoms with van der Waals surface area (Å²) in [7, 11) is 0. The molecule has 0 saturated heterocycles. The minimum absolute atomic E-state index is 0.118. The molecule has 164 valence electrons. The van der Waals surface area contributed by atoms with Crippen molar-refractivity contribution >= 4 is 22.9 Å². The van der Waals surface area contributed by atoms with Crippen LogP contribution in [0.3, 0.4) is 0 Å². The Kier molecular flexibility index (Phi) is 6.78. The van der Waals surface area contributed by atoms with Gasteiger partial charge in [0, 0.05) is 17.8 Å². The first-order valence-electron chi connectivity index (χ1n) is 11.0. The molecule has 1 aliphatic rings. The number of nitrogens with zero attached hydrogens (tertiary/aromatic N) is 3. The van der Waals surface area contributed by atoms with Gasteiger partial charge in [0.25, 0.3) is 5.91 Å². The molecule has 1 saturated carbocycles. The van der Waals surface area contributed by atoms with E-state index in [0.717, 1.165) is 18.5 Å². The largest absolute Gasteiger partial charge is 0.452 e. The number of aromatic nitrogens is 3. The third-order valence-corrected chi connectivity index (χ3v) is 6.27. The van der Waals surface area contributed by atoms with Gasteiger partial charge >= 0.3 is 5.97 Å². The number of pyridine rings is 1. The SMILES string of the molecule is CC(C)c1cc(C(=O)OCC(=O)N[C@@H]2CCC[C@H](C)[C@H]2C)c2cnn(C(C)C)c2n1. The number of ether oxygens (including phenoxy) is 1. The van der Waals surface area contributed by atoms with E-state index in [1.165, 1.54) is 6.42 Å². The maximum atomic E-state index is 12.9. The zero-order valence-electron chi connectivity index (χ0n) is 18.9. The van der Waals surface area contributed by atoms with Crippen molar-refractivity contribution in [3.05, 3.63) is 23.5 Å². The molecule has 2 heterocycles. The molecule has 0 unspecified atom stereocenters. The van der Waals surface area contributed by atoms with Crippen molar-refractivity contribution < 1.29 is 14.3 Å². The van der Waals surface area contributed by atoms with Crippen molar-refractivity contribution in [2.75, 3.05) is 6.61 Å². The lowest BCUT2D eigenvalue weighted by molar-refractivity contribution is -0.125. The molecule has 1 N–H and O–H groups in total. The molecule has 0 aromatic carbocycles. The predicted octanol–water partition coefficient (Wildman–Crippen LogP) is 4.23. The minimum Gasteiger partial charge on any atom is -0.452 e. The van der Waals surface area contributed by atoms with Crippen LogP contribution in [0.2, 0.25) is 0 Å². The Balaban J connectivity index is 1.74. The summed E-state index contributed by atoms with van der Waals surface area (Å²) in [4.78, 5) is 30.0. The summed E-state index contributed by atoms with van der Waals surface area (Å²) in [6.45, 7) is 12.2. The lowest BCUT2D eigenvalue weighted by Crippen LogP contribution is -2.45. The van der Waals surface area contributed by atoms with Crippen LogP contribution in [0.1, 0.15) is 88.8 Å². The van der Waals surface area contributed by atoms with Crippen molar-refractivity contribution in [3.63, 3.8) is 0 Å². The van der Waals surface area contributed by atoms with Gasteiger partial charge in [0.05, 0.1) is 17.1 Å². The second-order valence-electron chi connectivity index (χ2n) is 9.19. The summed E-state index contributed by atoms with van der Waals surface area (Å²) >= 11 is 0. The fraction of sp³-hybridized carbons (Fsp3) is 0.652. The van der Waals surface area contributed by atoms with E-state index >= 15 is 0 Å². The van der Waals surface area contributed by atoms with Crippen LogP contribution in [-0.2, 0) is 9.53 Å². The van der Waals surface area contributed by atoms with Crippen molar-refractivity contribution in [3.8, 4) is 0 Å². The molecular weight excluding hydrogens is 380 g/mol. The van der Waals surface area contributed by atoms with E-state index in [-0.39, 0.29) is 30.5 Å². The number of fused-ring (bicyclic) bond motifs is 1. The van der Waals surface area contributed by atoms with Crippen LogP contribution in [-0.4, -0.2) is 39.3 Å². The Hall–Kier alpha value is -2.44. The maximum Gasteiger partial charge on any atom is 0.339 e. The third-order valence-electron chi connectivity index (χ3n) is 6.27. The maximum absolute atomic E-state index is 12.9. The normalized spacial score (nSPS) is 21.9. The molecule has 1 fully saturated rings. The first-order valence-corrected chi connectivity index (χ1v) is 11.0. The predicted molar refractivity (Wildman–Crippen MR) is 116 cm³/mol. The van der Waals surface area contributed by atoms with Gasteiger partial charge in [-0.15, -0.1) is 0 Å². The first-order chi connectivity index (χ1) is 14.2. The molecule has 3 atom stereocenters. The van der Waals surface area contributed by atoms with Crippen molar-refractivity contribution in [1.82, 2.24) is 20.1 Å². The van der Waals surface area contributed by atoms with Crippen molar-refractivity contribution in [2.24, 2.45) is 11.8 Å². The zero-order chi connectivity index (χ0) is 22.0. The smallest absolute Gasteiger partial charge is 0.339 e. The van der Waals surface area contributed by atoms with E-state index in [4.69, 9.17) is 9.72 Å². The van der Waals surface area contributed by atoms with Crippen molar-refractivity contribution in [1.29, 1.82) is 0 Å². The number of rotatable bonds is 6. The van der Waals surface area contributed by atoms with Gasteiger partial charge in [0.15, 0.2) is 12.3 Å². The monoisotopic (exact) mass is 414 g/mol. The van der Waals surface area contributed by atoms with Gasteiger partial charge in [-0.1, -0.05) is 40.5 Å². The number of hydrogen-bond acceptors (Lipinski definition) is 5. The lowest BCUT2D eigenvalue weighted by atomic mass is 9.78. The average molecular weight is 415 g/mol. The molecule has 1 aliphatic carbocycles. The Morgan fingerprint density at radius 1 is 1.23 bits per heavy atom. The highest BCUT2D eigenvalue weighted by atomic mass is 16.5. The molecule has 30 heavy (non-hydrogen) atoms. The molecular formula is C23H34N4O3. The summed E-state index contributed by atoms with van der Waals surface area (Å²) in [5.41, 5.74) is 1.87. The second-order valence-corrected chi connectivity index (χ2v) is 9.19. The van der Waals surface area contributed by atoms with E-state index in [1.54, 1.807) is 16.9 Å². The van der Waals surface area contributed by atoms with Gasteiger partial charge in [-0.3, -0.25) is 4.79 Å². The average Bonchev–Trinajstić information content (AvgIpc) is 3.13. The summed E-state index contributed by atoms with van der Waals surface area (Å²) in [5, 5.41) is 8.09. The highest BCUT2D eigenvalue weighted by Crippen LogP contribution is 2.29. The summed E-state index contributed by atoms with van der Waals surface area (Å²) in [6, 6.07) is 2.01. The van der Waals surface area contributed by atoms with E-state index in [2.05, 4.69) is 24.3 Å². The van der Waals surface area contributed by atoms with E-state index in [1.807, 2.05) is 27.7 Å². The Bertz CT molecular complexity index is 919. The van der Waals surface area contributed by atoms with E-state index < -0.39 is 5.97 Å². The molecule has 3 rings (SSSR count). The van der Waals surface area contributed by atoms with E-state index in [0.29, 0.717) is 28.4 Å². The molecule has 7 heteroatoms. The highest BCUT2D eigenvalue weighted by Gasteiger charge is 2.28. The quantitative estimate of drug-likeness (QED) is 0.715.